The molecule has 0 N–H and O–H groups in total. The van der Waals surface area contributed by atoms with Crippen molar-refractivity contribution in [3.63, 3.8) is 0 Å². The number of rotatable bonds is 3. The SMILES string of the molecule is COC(=O)[C@]1(C)CCN([C@H]2O[C@H]([C@H]3COC(C)(C)O3)[C@@H]3OC(C)(C)O[C@@H]32)O1. The molecule has 9 heteroatoms. The van der Waals surface area contributed by atoms with Crippen LogP contribution in [0.4, 0.5) is 0 Å². The Morgan fingerprint density at radius 1 is 1.00 bits per heavy atom. The lowest BCUT2D eigenvalue weighted by molar-refractivity contribution is -0.294. The lowest BCUT2D eigenvalue weighted by atomic mass is 10.0. The van der Waals surface area contributed by atoms with Crippen LogP contribution in [0.1, 0.15) is 41.0 Å². The fourth-order valence-electron chi connectivity index (χ4n) is 4.22. The van der Waals surface area contributed by atoms with E-state index in [1.807, 2.05) is 27.7 Å². The van der Waals surface area contributed by atoms with E-state index in [-0.39, 0.29) is 24.4 Å². The lowest BCUT2D eigenvalue weighted by Crippen LogP contribution is -2.45. The molecule has 0 bridgehead atoms. The third-order valence-corrected chi connectivity index (χ3v) is 5.49. The van der Waals surface area contributed by atoms with Crippen molar-refractivity contribution in [2.24, 2.45) is 0 Å². The van der Waals surface area contributed by atoms with E-state index in [0.29, 0.717) is 19.6 Å². The average molecular weight is 387 g/mol. The van der Waals surface area contributed by atoms with Crippen molar-refractivity contribution >= 4 is 5.97 Å². The van der Waals surface area contributed by atoms with Gasteiger partial charge < -0.3 is 28.4 Å². The highest BCUT2D eigenvalue weighted by Gasteiger charge is 2.62. The molecule has 4 saturated heterocycles. The first-order chi connectivity index (χ1) is 12.5. The molecule has 27 heavy (non-hydrogen) atoms. The topological polar surface area (TPSA) is 84.9 Å². The number of nitrogens with zero attached hydrogens (tertiary/aromatic N) is 1. The summed E-state index contributed by atoms with van der Waals surface area (Å²) in [5, 5.41) is 1.67. The van der Waals surface area contributed by atoms with E-state index < -0.39 is 29.4 Å². The van der Waals surface area contributed by atoms with Crippen LogP contribution < -0.4 is 0 Å². The van der Waals surface area contributed by atoms with Crippen molar-refractivity contribution in [2.75, 3.05) is 20.3 Å². The molecule has 0 unspecified atom stereocenters. The van der Waals surface area contributed by atoms with Gasteiger partial charge in [-0.2, -0.15) is 5.06 Å². The summed E-state index contributed by atoms with van der Waals surface area (Å²) >= 11 is 0. The number of fused-ring (bicyclic) bond motifs is 1. The molecule has 4 aliphatic rings. The number of hydrogen-bond donors (Lipinski definition) is 0. The summed E-state index contributed by atoms with van der Waals surface area (Å²) in [6, 6.07) is 0. The predicted molar refractivity (Wildman–Crippen MR) is 90.2 cm³/mol. The Morgan fingerprint density at radius 3 is 2.33 bits per heavy atom. The summed E-state index contributed by atoms with van der Waals surface area (Å²) in [5.41, 5.74) is -1.03. The Hall–Kier alpha value is -0.810. The van der Waals surface area contributed by atoms with E-state index >= 15 is 0 Å². The second-order valence-electron chi connectivity index (χ2n) is 8.63. The molecule has 0 spiro atoms. The highest BCUT2D eigenvalue weighted by molar-refractivity contribution is 5.79. The fraction of sp³-hybridized carbons (Fsp3) is 0.944. The Kier molecular flexibility index (Phi) is 4.59. The van der Waals surface area contributed by atoms with E-state index in [1.165, 1.54) is 7.11 Å². The number of carbonyl (C=O) groups excluding carboxylic acids is 1. The highest BCUT2D eigenvalue weighted by Crippen LogP contribution is 2.44. The van der Waals surface area contributed by atoms with Gasteiger partial charge in [-0.3, -0.25) is 4.84 Å². The molecular weight excluding hydrogens is 358 g/mol. The molecule has 4 heterocycles. The summed E-state index contributed by atoms with van der Waals surface area (Å²) in [6.45, 7) is 10.1. The largest absolute Gasteiger partial charge is 0.467 e. The summed E-state index contributed by atoms with van der Waals surface area (Å²) in [4.78, 5) is 18.0. The Balaban J connectivity index is 1.53. The smallest absolute Gasteiger partial charge is 0.340 e. The third kappa shape index (κ3) is 3.39. The molecule has 154 valence electrons. The Morgan fingerprint density at radius 2 is 1.70 bits per heavy atom. The van der Waals surface area contributed by atoms with Gasteiger partial charge >= 0.3 is 5.97 Å². The van der Waals surface area contributed by atoms with Gasteiger partial charge in [0.05, 0.1) is 13.7 Å². The molecule has 4 aliphatic heterocycles. The van der Waals surface area contributed by atoms with Crippen molar-refractivity contribution in [1.29, 1.82) is 0 Å². The molecule has 4 rings (SSSR count). The predicted octanol–water partition coefficient (Wildman–Crippen LogP) is 0.952. The minimum Gasteiger partial charge on any atom is -0.467 e. The van der Waals surface area contributed by atoms with Gasteiger partial charge in [-0.25, -0.2) is 4.79 Å². The zero-order chi connectivity index (χ0) is 19.6. The third-order valence-electron chi connectivity index (χ3n) is 5.49. The molecule has 4 fully saturated rings. The molecule has 0 aliphatic carbocycles. The van der Waals surface area contributed by atoms with Crippen LogP contribution in [0.5, 0.6) is 0 Å². The normalized spacial score (nSPS) is 45.9. The minimum absolute atomic E-state index is 0.274. The van der Waals surface area contributed by atoms with Crippen LogP contribution in [-0.4, -0.2) is 79.1 Å². The van der Waals surface area contributed by atoms with Crippen molar-refractivity contribution in [3.8, 4) is 0 Å². The average Bonchev–Trinajstić information content (AvgIpc) is 3.29. The number of carbonyl (C=O) groups is 1. The number of hydroxylamine groups is 2. The number of esters is 1. The number of hydrogen-bond acceptors (Lipinski definition) is 9. The molecule has 6 atom stereocenters. The maximum atomic E-state index is 12.1. The monoisotopic (exact) mass is 387 g/mol. The second-order valence-corrected chi connectivity index (χ2v) is 8.63. The van der Waals surface area contributed by atoms with Crippen LogP contribution >= 0.6 is 0 Å². The molecule has 0 aromatic rings. The van der Waals surface area contributed by atoms with Gasteiger partial charge in [-0.05, 0) is 34.6 Å². The quantitative estimate of drug-likeness (QED) is 0.657. The van der Waals surface area contributed by atoms with Crippen LogP contribution in [0, 0.1) is 0 Å². The van der Waals surface area contributed by atoms with Crippen LogP contribution in [0.25, 0.3) is 0 Å². The van der Waals surface area contributed by atoms with Gasteiger partial charge in [0.25, 0.3) is 0 Å². The lowest BCUT2D eigenvalue weighted by Gasteiger charge is -2.30. The summed E-state index contributed by atoms with van der Waals surface area (Å²) in [5.74, 6) is -1.81. The molecule has 0 saturated carbocycles. The first-order valence-corrected chi connectivity index (χ1v) is 9.41. The van der Waals surface area contributed by atoms with Gasteiger partial charge in [0.1, 0.15) is 24.4 Å². The summed E-state index contributed by atoms with van der Waals surface area (Å²) in [6.07, 6.45) is -1.33. The van der Waals surface area contributed by atoms with Crippen LogP contribution in [0.3, 0.4) is 0 Å². The van der Waals surface area contributed by atoms with Gasteiger partial charge in [-0.15, -0.1) is 0 Å². The van der Waals surface area contributed by atoms with E-state index in [9.17, 15) is 4.79 Å². The molecule has 0 amide bonds. The highest BCUT2D eigenvalue weighted by atomic mass is 16.8. The van der Waals surface area contributed by atoms with Gasteiger partial charge in [0, 0.05) is 13.0 Å². The molecule has 0 aromatic heterocycles. The zero-order valence-corrected chi connectivity index (χ0v) is 16.7. The molecule has 0 radical (unpaired) electrons. The van der Waals surface area contributed by atoms with Gasteiger partial charge in [0.15, 0.2) is 23.4 Å². The number of methoxy groups -OCH3 is 1. The summed E-state index contributed by atoms with van der Waals surface area (Å²) < 4.78 is 35.1. The Labute approximate surface area is 159 Å². The minimum atomic E-state index is -1.03. The fourth-order valence-corrected chi connectivity index (χ4v) is 4.22. The van der Waals surface area contributed by atoms with Crippen LogP contribution in [0.2, 0.25) is 0 Å². The van der Waals surface area contributed by atoms with Crippen molar-refractivity contribution in [1.82, 2.24) is 5.06 Å². The zero-order valence-electron chi connectivity index (χ0n) is 16.7. The first-order valence-electron chi connectivity index (χ1n) is 9.41. The van der Waals surface area contributed by atoms with E-state index in [1.54, 1.807) is 12.0 Å². The van der Waals surface area contributed by atoms with Crippen LogP contribution in [-0.2, 0) is 38.1 Å². The van der Waals surface area contributed by atoms with E-state index in [4.69, 9.17) is 33.3 Å². The first kappa shape index (κ1) is 19.5. The molecular formula is C18H29NO8. The standard InChI is InChI=1S/C18H29NO8/c1-16(2)22-9-10(24-16)11-12-13(26-17(3,4)25-12)14(23-11)19-8-7-18(5,27-19)15(20)21-6/h10-14H,7-9H2,1-6H3/t10-,11-,12+,13+,14+,18+/m1/s1. The van der Waals surface area contributed by atoms with Crippen molar-refractivity contribution in [2.45, 2.75) is 88.9 Å². The van der Waals surface area contributed by atoms with Crippen molar-refractivity contribution < 1.29 is 38.1 Å². The maximum absolute atomic E-state index is 12.1. The second kappa shape index (κ2) is 6.35. The van der Waals surface area contributed by atoms with Crippen molar-refractivity contribution in [3.05, 3.63) is 0 Å². The summed E-state index contributed by atoms with van der Waals surface area (Å²) in [7, 11) is 1.35. The maximum Gasteiger partial charge on any atom is 0.340 e. The molecule has 9 nitrogen and oxygen atoms in total. The Bertz CT molecular complexity index is 610. The van der Waals surface area contributed by atoms with Gasteiger partial charge in [0.2, 0.25) is 0 Å². The molecule has 0 aromatic carbocycles. The van der Waals surface area contributed by atoms with E-state index in [2.05, 4.69) is 0 Å². The van der Waals surface area contributed by atoms with E-state index in [0.717, 1.165) is 0 Å². The van der Waals surface area contributed by atoms with Crippen LogP contribution in [0.15, 0.2) is 0 Å². The number of ether oxygens (including phenoxy) is 6. The van der Waals surface area contributed by atoms with Gasteiger partial charge in [-0.1, -0.05) is 0 Å².